The quantitative estimate of drug-likeness (QED) is 0.391. The molecule has 0 amide bonds. The van der Waals surface area contributed by atoms with Crippen LogP contribution in [0.5, 0.6) is 0 Å². The van der Waals surface area contributed by atoms with Crippen LogP contribution in [-0.2, 0) is 23.1 Å². The number of aryl methyl sites for hydroxylation is 2. The van der Waals surface area contributed by atoms with E-state index < -0.39 is 10.0 Å². The van der Waals surface area contributed by atoms with Gasteiger partial charge in [0.15, 0.2) is 0 Å². The fourth-order valence-corrected chi connectivity index (χ4v) is 6.09. The van der Waals surface area contributed by atoms with Crippen LogP contribution >= 0.6 is 11.7 Å². The average Bonchev–Trinajstić information content (AvgIpc) is 3.45. The average molecular weight is 481 g/mol. The molecule has 5 aromatic rings. The van der Waals surface area contributed by atoms with Crippen molar-refractivity contribution in [3.05, 3.63) is 87.6 Å². The van der Waals surface area contributed by atoms with E-state index in [2.05, 4.69) is 13.7 Å². The van der Waals surface area contributed by atoms with Crippen LogP contribution in [0.3, 0.4) is 0 Å². The van der Waals surface area contributed by atoms with Gasteiger partial charge < -0.3 is 9.40 Å². The van der Waals surface area contributed by atoms with E-state index in [4.69, 9.17) is 4.42 Å². The van der Waals surface area contributed by atoms with Gasteiger partial charge in [0.2, 0.25) is 10.0 Å². The molecule has 168 valence electrons. The second-order valence-electron chi connectivity index (χ2n) is 7.91. The Hall–Kier alpha value is -3.34. The van der Waals surface area contributed by atoms with Gasteiger partial charge in [-0.05, 0) is 61.4 Å². The van der Waals surface area contributed by atoms with Crippen molar-refractivity contribution in [3.8, 4) is 0 Å². The number of sulfonamides is 1. The number of pyridine rings is 1. The van der Waals surface area contributed by atoms with Gasteiger partial charge in [-0.2, -0.15) is 13.1 Å². The maximum Gasteiger partial charge on any atom is 0.252 e. The fraction of sp³-hybridized carbons (Fsp3) is 0.174. The van der Waals surface area contributed by atoms with Gasteiger partial charge in [-0.15, -0.1) is 0 Å². The number of hydrogen-bond donors (Lipinski definition) is 1. The molecule has 3 aromatic heterocycles. The molecule has 0 radical (unpaired) electrons. The van der Waals surface area contributed by atoms with E-state index in [0.717, 1.165) is 33.8 Å². The second kappa shape index (κ2) is 8.22. The first-order valence-electron chi connectivity index (χ1n) is 10.2. The highest BCUT2D eigenvalue weighted by Gasteiger charge is 2.29. The molecule has 0 bridgehead atoms. The number of H-pyrrole nitrogens is 1. The van der Waals surface area contributed by atoms with Crippen LogP contribution in [0.1, 0.15) is 22.5 Å². The van der Waals surface area contributed by atoms with Gasteiger partial charge in [0, 0.05) is 23.0 Å². The van der Waals surface area contributed by atoms with Gasteiger partial charge in [-0.3, -0.25) is 4.79 Å². The van der Waals surface area contributed by atoms with Gasteiger partial charge in [-0.1, -0.05) is 12.1 Å². The number of fused-ring (bicyclic) bond motifs is 2. The Labute approximate surface area is 193 Å². The zero-order chi connectivity index (χ0) is 23.2. The first-order chi connectivity index (χ1) is 15.8. The summed E-state index contributed by atoms with van der Waals surface area (Å²) < 4.78 is 42.5. The molecule has 1 N–H and O–H groups in total. The van der Waals surface area contributed by atoms with Crippen molar-refractivity contribution in [3.63, 3.8) is 0 Å². The van der Waals surface area contributed by atoms with Crippen LogP contribution in [0.4, 0.5) is 0 Å². The van der Waals surface area contributed by atoms with E-state index in [0.29, 0.717) is 22.4 Å². The van der Waals surface area contributed by atoms with Crippen molar-refractivity contribution in [1.82, 2.24) is 18.0 Å². The molecule has 0 atom stereocenters. The predicted molar refractivity (Wildman–Crippen MR) is 127 cm³/mol. The van der Waals surface area contributed by atoms with Crippen molar-refractivity contribution >= 4 is 43.7 Å². The molecule has 0 saturated carbocycles. The van der Waals surface area contributed by atoms with Crippen LogP contribution in [0, 0.1) is 13.8 Å². The first-order valence-corrected chi connectivity index (χ1v) is 12.4. The Kier molecular flexibility index (Phi) is 5.35. The maximum absolute atomic E-state index is 13.8. The minimum Gasteiger partial charge on any atom is -0.468 e. The minimum absolute atomic E-state index is 0.0341. The third kappa shape index (κ3) is 3.97. The molecule has 8 nitrogen and oxygen atoms in total. The number of furan rings is 1. The lowest BCUT2D eigenvalue weighted by Gasteiger charge is -2.21. The van der Waals surface area contributed by atoms with E-state index in [1.165, 1.54) is 16.6 Å². The Morgan fingerprint density at radius 3 is 2.70 bits per heavy atom. The molecule has 0 aliphatic heterocycles. The number of nitrogens with zero attached hydrogens (tertiary/aromatic N) is 3. The lowest BCUT2D eigenvalue weighted by molar-refractivity contribution is 0.358. The van der Waals surface area contributed by atoms with Crippen molar-refractivity contribution in [2.45, 2.75) is 31.8 Å². The summed E-state index contributed by atoms with van der Waals surface area (Å²) in [6.07, 6.45) is 1.49. The van der Waals surface area contributed by atoms with Crippen LogP contribution in [0.15, 0.2) is 68.9 Å². The molecule has 0 aliphatic rings. The number of hydrogen-bond acceptors (Lipinski definition) is 7. The summed E-state index contributed by atoms with van der Waals surface area (Å²) in [6.45, 7) is 3.76. The summed E-state index contributed by atoms with van der Waals surface area (Å²) >= 11 is 0.954. The Balaban J connectivity index is 1.63. The van der Waals surface area contributed by atoms with Crippen LogP contribution in [-0.4, -0.2) is 26.5 Å². The largest absolute Gasteiger partial charge is 0.468 e. The molecule has 0 spiro atoms. The van der Waals surface area contributed by atoms with E-state index in [9.17, 15) is 13.2 Å². The highest BCUT2D eigenvalue weighted by Crippen LogP contribution is 2.27. The topological polar surface area (TPSA) is 109 Å². The van der Waals surface area contributed by atoms with Crippen molar-refractivity contribution < 1.29 is 12.8 Å². The molecule has 0 fully saturated rings. The zero-order valence-electron chi connectivity index (χ0n) is 17.9. The molecule has 0 unspecified atom stereocenters. The van der Waals surface area contributed by atoms with E-state index >= 15 is 0 Å². The van der Waals surface area contributed by atoms with E-state index in [-0.39, 0.29) is 23.5 Å². The molecular weight excluding hydrogens is 460 g/mol. The SMILES string of the molecule is Cc1cc(C)c2cc(CN(Cc3ccco3)S(=O)(=O)c3cccc4nsnc34)c(=O)[nH]c2c1. The summed E-state index contributed by atoms with van der Waals surface area (Å²) in [5, 5.41) is 0.872. The summed E-state index contributed by atoms with van der Waals surface area (Å²) in [5.41, 5.74) is 3.59. The number of aromatic nitrogens is 3. The Bertz CT molecular complexity index is 1640. The Morgan fingerprint density at radius 2 is 1.91 bits per heavy atom. The summed E-state index contributed by atoms with van der Waals surface area (Å²) in [7, 11) is -4.03. The van der Waals surface area contributed by atoms with Crippen LogP contribution in [0.25, 0.3) is 21.9 Å². The van der Waals surface area contributed by atoms with Gasteiger partial charge >= 0.3 is 0 Å². The number of aromatic amines is 1. The number of nitrogens with one attached hydrogen (secondary N) is 1. The van der Waals surface area contributed by atoms with Crippen molar-refractivity contribution in [2.75, 3.05) is 0 Å². The molecule has 33 heavy (non-hydrogen) atoms. The van der Waals surface area contributed by atoms with Crippen molar-refractivity contribution in [2.24, 2.45) is 0 Å². The third-order valence-corrected chi connectivity index (χ3v) is 7.88. The van der Waals surface area contributed by atoms with Crippen LogP contribution in [0.2, 0.25) is 0 Å². The van der Waals surface area contributed by atoms with Gasteiger partial charge in [0.1, 0.15) is 21.7 Å². The first kappa shape index (κ1) is 21.5. The second-order valence-corrected chi connectivity index (χ2v) is 10.3. The lowest BCUT2D eigenvalue weighted by Crippen LogP contribution is -2.32. The minimum atomic E-state index is -4.03. The van der Waals surface area contributed by atoms with Crippen LogP contribution < -0.4 is 5.56 Å². The fourth-order valence-electron chi connectivity index (χ4n) is 3.95. The van der Waals surface area contributed by atoms with E-state index in [1.54, 1.807) is 30.3 Å². The maximum atomic E-state index is 13.8. The molecular formula is C23H20N4O4S2. The predicted octanol–water partition coefficient (Wildman–Crippen LogP) is 4.13. The highest BCUT2D eigenvalue weighted by molar-refractivity contribution is 7.89. The number of rotatable bonds is 6. The van der Waals surface area contributed by atoms with Gasteiger partial charge in [0.25, 0.3) is 5.56 Å². The smallest absolute Gasteiger partial charge is 0.252 e. The summed E-state index contributed by atoms with van der Waals surface area (Å²) in [6, 6.07) is 13.9. The molecule has 2 aromatic carbocycles. The Morgan fingerprint density at radius 1 is 1.06 bits per heavy atom. The van der Waals surface area contributed by atoms with E-state index in [1.807, 2.05) is 26.0 Å². The molecule has 10 heteroatoms. The van der Waals surface area contributed by atoms with Crippen molar-refractivity contribution in [1.29, 1.82) is 0 Å². The molecule has 3 heterocycles. The normalized spacial score (nSPS) is 12.2. The lowest BCUT2D eigenvalue weighted by atomic mass is 10.0. The highest BCUT2D eigenvalue weighted by atomic mass is 32.2. The standard InChI is InChI=1S/C23H20N4O4S2/c1-14-9-15(2)18-11-16(23(28)24-20(18)10-14)12-27(13-17-5-4-8-31-17)33(29,30)21-7-3-6-19-22(21)26-32-25-19/h3-11H,12-13H2,1-2H3,(H,24,28). The molecule has 5 rings (SSSR count). The van der Waals surface area contributed by atoms with Gasteiger partial charge in [0.05, 0.1) is 24.5 Å². The molecule has 0 aliphatic carbocycles. The molecule has 0 saturated heterocycles. The monoisotopic (exact) mass is 480 g/mol. The van der Waals surface area contributed by atoms with Gasteiger partial charge in [-0.25, -0.2) is 8.42 Å². The number of benzene rings is 2. The zero-order valence-corrected chi connectivity index (χ0v) is 19.5. The third-order valence-electron chi connectivity index (χ3n) is 5.52. The summed E-state index contributed by atoms with van der Waals surface area (Å²) in [4.78, 5) is 15.9. The summed E-state index contributed by atoms with van der Waals surface area (Å²) in [5.74, 6) is 0.464.